The molecule has 3 nitrogen and oxygen atoms in total. The molecule has 1 atom stereocenters. The normalized spacial score (nSPS) is 11.9. The van der Waals surface area contributed by atoms with Crippen molar-refractivity contribution in [2.75, 3.05) is 13.7 Å². The van der Waals surface area contributed by atoms with Gasteiger partial charge in [0.1, 0.15) is 6.29 Å². The molecule has 0 aliphatic heterocycles. The van der Waals surface area contributed by atoms with Crippen LogP contribution in [0.1, 0.15) is 66.1 Å². The third-order valence-electron chi connectivity index (χ3n) is 5.45. The second-order valence-corrected chi connectivity index (χ2v) is 7.77. The molecule has 0 fully saturated rings. The number of carbonyl (C=O) groups is 1. The monoisotopic (exact) mass is 400 g/mol. The highest BCUT2D eigenvalue weighted by atomic mass is 19.1. The maximum Gasteiger partial charge on any atom is 0.197 e. The molecule has 0 aromatic heterocycles. The largest absolute Gasteiger partial charge is 0.493 e. The Morgan fingerprint density at radius 1 is 1.07 bits per heavy atom. The lowest BCUT2D eigenvalue weighted by Crippen LogP contribution is -2.09. The molecule has 0 bridgehead atoms. The number of hydrogen-bond acceptors (Lipinski definition) is 3. The van der Waals surface area contributed by atoms with E-state index in [1.54, 1.807) is 0 Å². The summed E-state index contributed by atoms with van der Waals surface area (Å²) in [5.41, 5.74) is 4.28. The summed E-state index contributed by atoms with van der Waals surface area (Å²) in [5, 5.41) is 0. The summed E-state index contributed by atoms with van der Waals surface area (Å²) >= 11 is 0. The van der Waals surface area contributed by atoms with Crippen LogP contribution in [0.15, 0.2) is 30.3 Å². The van der Waals surface area contributed by atoms with Gasteiger partial charge in [0, 0.05) is 5.56 Å². The van der Waals surface area contributed by atoms with Crippen LogP contribution in [0.5, 0.6) is 11.5 Å². The minimum Gasteiger partial charge on any atom is -0.493 e. The standard InChI is InChI=1S/C25H33FO3/c1-5-6-8-20(14-21-11-10-18(2)19(3)13-21)9-7-12-29-25-23(26)15-22(17-27)16-24(25)28-4/h10-11,13,15-17,20H,5-9,12,14H2,1-4H3/t20-/m1/s1. The molecule has 0 saturated heterocycles. The van der Waals surface area contributed by atoms with Crippen molar-refractivity contribution in [3.63, 3.8) is 0 Å². The van der Waals surface area contributed by atoms with E-state index in [1.165, 1.54) is 55.2 Å². The number of carbonyl (C=O) groups excluding carboxylic acids is 1. The molecule has 0 radical (unpaired) electrons. The highest BCUT2D eigenvalue weighted by Crippen LogP contribution is 2.32. The van der Waals surface area contributed by atoms with Crippen LogP contribution in [0.2, 0.25) is 0 Å². The summed E-state index contributed by atoms with van der Waals surface area (Å²) in [4.78, 5) is 10.9. The van der Waals surface area contributed by atoms with E-state index in [4.69, 9.17) is 9.47 Å². The van der Waals surface area contributed by atoms with E-state index < -0.39 is 5.82 Å². The van der Waals surface area contributed by atoms with E-state index in [0.29, 0.717) is 18.8 Å². The van der Waals surface area contributed by atoms with Crippen LogP contribution in [0, 0.1) is 25.6 Å². The van der Waals surface area contributed by atoms with Crippen molar-refractivity contribution in [3.8, 4) is 11.5 Å². The first-order valence-electron chi connectivity index (χ1n) is 10.5. The van der Waals surface area contributed by atoms with Crippen molar-refractivity contribution in [1.29, 1.82) is 0 Å². The number of hydrogen-bond donors (Lipinski definition) is 0. The molecule has 0 aliphatic rings. The zero-order valence-corrected chi connectivity index (χ0v) is 18.1. The van der Waals surface area contributed by atoms with Gasteiger partial charge in [0.15, 0.2) is 17.3 Å². The summed E-state index contributed by atoms with van der Waals surface area (Å²) in [6, 6.07) is 9.39. The number of benzene rings is 2. The van der Waals surface area contributed by atoms with Crippen molar-refractivity contribution in [2.24, 2.45) is 5.92 Å². The highest BCUT2D eigenvalue weighted by Gasteiger charge is 2.15. The maximum atomic E-state index is 14.2. The fourth-order valence-corrected chi connectivity index (χ4v) is 3.60. The van der Waals surface area contributed by atoms with Gasteiger partial charge in [0.25, 0.3) is 0 Å². The van der Waals surface area contributed by atoms with Crippen LogP contribution in [0.3, 0.4) is 0 Å². The molecule has 0 saturated carbocycles. The van der Waals surface area contributed by atoms with E-state index in [-0.39, 0.29) is 17.1 Å². The van der Waals surface area contributed by atoms with Gasteiger partial charge in [-0.15, -0.1) is 0 Å². The number of unbranched alkanes of at least 4 members (excludes halogenated alkanes) is 1. The van der Waals surface area contributed by atoms with Crippen LogP contribution in [0.25, 0.3) is 0 Å². The molecule has 29 heavy (non-hydrogen) atoms. The zero-order chi connectivity index (χ0) is 21.2. The predicted molar refractivity (Wildman–Crippen MR) is 116 cm³/mol. The van der Waals surface area contributed by atoms with Gasteiger partial charge in [-0.2, -0.15) is 0 Å². The summed E-state index contributed by atoms with van der Waals surface area (Å²) in [7, 11) is 1.44. The van der Waals surface area contributed by atoms with E-state index in [1.807, 2.05) is 0 Å². The molecule has 0 amide bonds. The fraction of sp³-hybridized carbons (Fsp3) is 0.480. The minimum atomic E-state index is -0.566. The minimum absolute atomic E-state index is 0.0809. The molecule has 158 valence electrons. The Labute approximate surface area is 174 Å². The second-order valence-electron chi connectivity index (χ2n) is 7.77. The third-order valence-corrected chi connectivity index (χ3v) is 5.45. The Hall–Kier alpha value is -2.36. The molecule has 2 rings (SSSR count). The van der Waals surface area contributed by atoms with Gasteiger partial charge in [-0.1, -0.05) is 44.4 Å². The zero-order valence-electron chi connectivity index (χ0n) is 18.1. The number of halogens is 1. The Balaban J connectivity index is 1.94. The molecule has 0 aliphatic carbocycles. The van der Waals surface area contributed by atoms with Crippen molar-refractivity contribution >= 4 is 6.29 Å². The van der Waals surface area contributed by atoms with Crippen LogP contribution in [-0.2, 0) is 6.42 Å². The number of aldehydes is 1. The first-order valence-corrected chi connectivity index (χ1v) is 10.5. The van der Waals surface area contributed by atoms with Gasteiger partial charge in [0.05, 0.1) is 13.7 Å². The Kier molecular flexibility index (Phi) is 9.17. The van der Waals surface area contributed by atoms with Crippen molar-refractivity contribution in [2.45, 2.75) is 59.3 Å². The van der Waals surface area contributed by atoms with Gasteiger partial charge in [-0.25, -0.2) is 4.39 Å². The Morgan fingerprint density at radius 3 is 2.48 bits per heavy atom. The molecular weight excluding hydrogens is 367 g/mol. The van der Waals surface area contributed by atoms with E-state index in [9.17, 15) is 9.18 Å². The lowest BCUT2D eigenvalue weighted by molar-refractivity contribution is 0.112. The van der Waals surface area contributed by atoms with Crippen molar-refractivity contribution < 1.29 is 18.7 Å². The third kappa shape index (κ3) is 6.88. The van der Waals surface area contributed by atoms with Crippen LogP contribution in [0.4, 0.5) is 4.39 Å². The average Bonchev–Trinajstić information content (AvgIpc) is 2.72. The molecule has 0 spiro atoms. The Morgan fingerprint density at radius 2 is 1.83 bits per heavy atom. The van der Waals surface area contributed by atoms with Crippen LogP contribution in [-0.4, -0.2) is 20.0 Å². The van der Waals surface area contributed by atoms with Gasteiger partial charge < -0.3 is 9.47 Å². The lowest BCUT2D eigenvalue weighted by atomic mass is 9.89. The number of aryl methyl sites for hydroxylation is 2. The summed E-state index contributed by atoms with van der Waals surface area (Å²) < 4.78 is 25.1. The number of rotatable bonds is 12. The van der Waals surface area contributed by atoms with Gasteiger partial charge in [-0.3, -0.25) is 4.79 Å². The number of methoxy groups -OCH3 is 1. The van der Waals surface area contributed by atoms with E-state index in [2.05, 4.69) is 39.0 Å². The van der Waals surface area contributed by atoms with Gasteiger partial charge in [0.2, 0.25) is 0 Å². The summed E-state index contributed by atoms with van der Waals surface area (Å²) in [5.74, 6) is 0.357. The predicted octanol–water partition coefficient (Wildman–Crippen LogP) is 6.47. The van der Waals surface area contributed by atoms with Gasteiger partial charge in [-0.05, 0) is 67.9 Å². The van der Waals surface area contributed by atoms with Crippen LogP contribution >= 0.6 is 0 Å². The average molecular weight is 401 g/mol. The molecule has 2 aromatic carbocycles. The first-order chi connectivity index (χ1) is 14.0. The molecule has 0 unspecified atom stereocenters. The molecule has 2 aromatic rings. The maximum absolute atomic E-state index is 14.2. The summed E-state index contributed by atoms with van der Waals surface area (Å²) in [6.45, 7) is 6.93. The topological polar surface area (TPSA) is 35.5 Å². The lowest BCUT2D eigenvalue weighted by Gasteiger charge is -2.18. The van der Waals surface area contributed by atoms with E-state index >= 15 is 0 Å². The smallest absolute Gasteiger partial charge is 0.197 e. The SMILES string of the molecule is CCCC[C@H](CCCOc1c(F)cc(C=O)cc1OC)Cc1ccc(C)c(C)c1. The molecular formula is C25H33FO3. The van der Waals surface area contributed by atoms with Crippen molar-refractivity contribution in [1.82, 2.24) is 0 Å². The summed E-state index contributed by atoms with van der Waals surface area (Å²) in [6.07, 6.45) is 7.13. The molecule has 4 heteroatoms. The first kappa shape index (κ1) is 22.9. The quantitative estimate of drug-likeness (QED) is 0.302. The highest BCUT2D eigenvalue weighted by molar-refractivity contribution is 5.76. The van der Waals surface area contributed by atoms with Crippen LogP contribution < -0.4 is 9.47 Å². The second kappa shape index (κ2) is 11.6. The molecule has 0 N–H and O–H groups in total. The van der Waals surface area contributed by atoms with Crippen molar-refractivity contribution in [3.05, 3.63) is 58.4 Å². The van der Waals surface area contributed by atoms with Gasteiger partial charge >= 0.3 is 0 Å². The number of ether oxygens (including phenoxy) is 2. The Bertz CT molecular complexity index is 801. The molecule has 0 heterocycles. The van der Waals surface area contributed by atoms with E-state index in [0.717, 1.165) is 19.3 Å². The fourth-order valence-electron chi connectivity index (χ4n) is 3.60.